The van der Waals surface area contributed by atoms with Gasteiger partial charge in [-0.1, -0.05) is 11.3 Å². The lowest BCUT2D eigenvalue weighted by molar-refractivity contribution is -0.136. The quantitative estimate of drug-likeness (QED) is 0.799. The van der Waals surface area contributed by atoms with E-state index in [2.05, 4.69) is 15.1 Å². The molecule has 1 aliphatic heterocycles. The number of anilines is 1. The van der Waals surface area contributed by atoms with Crippen LogP contribution in [0.25, 0.3) is 0 Å². The van der Waals surface area contributed by atoms with Crippen LogP contribution < -0.4 is 4.90 Å². The van der Waals surface area contributed by atoms with E-state index in [-0.39, 0.29) is 12.5 Å². The van der Waals surface area contributed by atoms with Crippen molar-refractivity contribution in [2.75, 3.05) is 44.3 Å². The molecule has 1 aromatic rings. The third kappa shape index (κ3) is 3.17. The van der Waals surface area contributed by atoms with Crippen molar-refractivity contribution in [3.63, 3.8) is 0 Å². The lowest BCUT2D eigenvalue weighted by Gasteiger charge is -2.34. The zero-order valence-corrected chi connectivity index (χ0v) is 11.6. The summed E-state index contributed by atoms with van der Waals surface area (Å²) >= 11 is 1.59. The summed E-state index contributed by atoms with van der Waals surface area (Å²) in [6, 6.07) is 0. The minimum Gasteiger partial charge on any atom is -0.372 e. The SMILES string of the molecule is CCOCC(=O)N1CCN(c2nnc(C)s2)CC1. The first-order valence-corrected chi connectivity index (χ1v) is 6.93. The first-order valence-electron chi connectivity index (χ1n) is 6.11. The van der Waals surface area contributed by atoms with Crippen LogP contribution in [-0.2, 0) is 9.53 Å². The van der Waals surface area contributed by atoms with Crippen molar-refractivity contribution in [1.82, 2.24) is 15.1 Å². The Morgan fingerprint density at radius 3 is 2.61 bits per heavy atom. The molecule has 7 heteroatoms. The van der Waals surface area contributed by atoms with E-state index in [0.717, 1.165) is 36.3 Å². The summed E-state index contributed by atoms with van der Waals surface area (Å²) in [6.07, 6.45) is 0. The molecule has 0 saturated carbocycles. The van der Waals surface area contributed by atoms with Crippen LogP contribution in [0.5, 0.6) is 0 Å². The monoisotopic (exact) mass is 270 g/mol. The van der Waals surface area contributed by atoms with Crippen LogP contribution in [-0.4, -0.2) is 60.4 Å². The molecule has 0 atom stereocenters. The van der Waals surface area contributed by atoms with Gasteiger partial charge in [0.05, 0.1) is 0 Å². The summed E-state index contributed by atoms with van der Waals surface area (Å²) in [6.45, 7) is 7.68. The molecule has 0 unspecified atom stereocenters. The molecule has 0 aliphatic carbocycles. The second kappa shape index (κ2) is 6.10. The molecule has 0 spiro atoms. The third-order valence-corrected chi connectivity index (χ3v) is 3.75. The van der Waals surface area contributed by atoms with E-state index in [4.69, 9.17) is 4.74 Å². The molecule has 1 amide bonds. The Morgan fingerprint density at radius 1 is 1.33 bits per heavy atom. The van der Waals surface area contributed by atoms with E-state index in [1.165, 1.54) is 0 Å². The van der Waals surface area contributed by atoms with Crippen molar-refractivity contribution >= 4 is 22.4 Å². The number of aromatic nitrogens is 2. The summed E-state index contributed by atoms with van der Waals surface area (Å²) in [4.78, 5) is 15.8. The van der Waals surface area contributed by atoms with Crippen LogP contribution in [0.1, 0.15) is 11.9 Å². The number of rotatable bonds is 4. The van der Waals surface area contributed by atoms with Gasteiger partial charge in [0.25, 0.3) is 0 Å². The summed E-state index contributed by atoms with van der Waals surface area (Å²) < 4.78 is 5.14. The van der Waals surface area contributed by atoms with Crippen LogP contribution in [0, 0.1) is 6.92 Å². The molecule has 1 aromatic heterocycles. The number of hydrogen-bond acceptors (Lipinski definition) is 6. The molecule has 2 heterocycles. The Kier molecular flexibility index (Phi) is 4.48. The highest BCUT2D eigenvalue weighted by Crippen LogP contribution is 2.20. The first-order chi connectivity index (χ1) is 8.70. The van der Waals surface area contributed by atoms with Gasteiger partial charge >= 0.3 is 0 Å². The third-order valence-electron chi connectivity index (χ3n) is 2.85. The van der Waals surface area contributed by atoms with Gasteiger partial charge < -0.3 is 14.5 Å². The second-order valence-electron chi connectivity index (χ2n) is 4.11. The van der Waals surface area contributed by atoms with E-state index >= 15 is 0 Å². The van der Waals surface area contributed by atoms with Crippen LogP contribution in [0.15, 0.2) is 0 Å². The van der Waals surface area contributed by atoms with E-state index < -0.39 is 0 Å². The highest BCUT2D eigenvalue weighted by atomic mass is 32.1. The standard InChI is InChI=1S/C11H18N4O2S/c1-3-17-8-10(16)14-4-6-15(7-5-14)11-13-12-9(2)18-11/h3-8H2,1-2H3. The number of nitrogens with zero attached hydrogens (tertiary/aromatic N) is 4. The fourth-order valence-electron chi connectivity index (χ4n) is 1.84. The molecule has 0 radical (unpaired) electrons. The number of carbonyl (C=O) groups excluding carboxylic acids is 1. The van der Waals surface area contributed by atoms with E-state index in [0.29, 0.717) is 6.61 Å². The van der Waals surface area contributed by atoms with Crippen LogP contribution in [0.3, 0.4) is 0 Å². The lowest BCUT2D eigenvalue weighted by Crippen LogP contribution is -2.49. The van der Waals surface area contributed by atoms with Crippen LogP contribution >= 0.6 is 11.3 Å². The van der Waals surface area contributed by atoms with Gasteiger partial charge in [-0.05, 0) is 13.8 Å². The number of carbonyl (C=O) groups is 1. The number of hydrogen-bond donors (Lipinski definition) is 0. The highest BCUT2D eigenvalue weighted by molar-refractivity contribution is 7.15. The van der Waals surface area contributed by atoms with E-state index in [1.54, 1.807) is 11.3 Å². The predicted molar refractivity (Wildman–Crippen MR) is 69.9 cm³/mol. The lowest BCUT2D eigenvalue weighted by atomic mass is 10.3. The molecule has 0 bridgehead atoms. The molecular weight excluding hydrogens is 252 g/mol. The molecule has 0 N–H and O–H groups in total. The molecule has 18 heavy (non-hydrogen) atoms. The Balaban J connectivity index is 1.82. The maximum atomic E-state index is 11.8. The van der Waals surface area contributed by atoms with Crippen molar-refractivity contribution in [1.29, 1.82) is 0 Å². The molecule has 0 aromatic carbocycles. The minimum absolute atomic E-state index is 0.0740. The molecule has 100 valence electrons. The van der Waals surface area contributed by atoms with Gasteiger partial charge in [0.1, 0.15) is 11.6 Å². The van der Waals surface area contributed by atoms with Gasteiger partial charge in [-0.2, -0.15) is 0 Å². The van der Waals surface area contributed by atoms with Gasteiger partial charge in [-0.15, -0.1) is 10.2 Å². The Hall–Kier alpha value is -1.21. The Morgan fingerprint density at radius 2 is 2.06 bits per heavy atom. The molecular formula is C11H18N4O2S. The molecule has 1 aliphatic rings. The number of amides is 1. The topological polar surface area (TPSA) is 58.6 Å². The van der Waals surface area contributed by atoms with Crippen LogP contribution in [0.2, 0.25) is 0 Å². The largest absolute Gasteiger partial charge is 0.372 e. The Labute approximate surface area is 111 Å². The second-order valence-corrected chi connectivity index (χ2v) is 5.27. The Bertz CT molecular complexity index is 402. The van der Waals surface area contributed by atoms with E-state index in [9.17, 15) is 4.79 Å². The van der Waals surface area contributed by atoms with Gasteiger partial charge in [0.2, 0.25) is 11.0 Å². The van der Waals surface area contributed by atoms with Crippen LogP contribution in [0.4, 0.5) is 5.13 Å². The maximum Gasteiger partial charge on any atom is 0.248 e. The zero-order valence-electron chi connectivity index (χ0n) is 10.8. The van der Waals surface area contributed by atoms with Gasteiger partial charge in [0.15, 0.2) is 0 Å². The van der Waals surface area contributed by atoms with Gasteiger partial charge in [-0.3, -0.25) is 4.79 Å². The number of piperazine rings is 1. The number of aryl methyl sites for hydroxylation is 1. The molecule has 1 fully saturated rings. The first kappa shape index (κ1) is 13.2. The average molecular weight is 270 g/mol. The molecule has 2 rings (SSSR count). The zero-order chi connectivity index (χ0) is 13.0. The summed E-state index contributed by atoms with van der Waals surface area (Å²) in [5.41, 5.74) is 0. The fourth-order valence-corrected chi connectivity index (χ4v) is 2.58. The van der Waals surface area contributed by atoms with Gasteiger partial charge in [0, 0.05) is 32.8 Å². The summed E-state index contributed by atoms with van der Waals surface area (Å²) in [7, 11) is 0. The minimum atomic E-state index is 0.0740. The van der Waals surface area contributed by atoms with Crippen molar-refractivity contribution in [3.05, 3.63) is 5.01 Å². The molecule has 6 nitrogen and oxygen atoms in total. The normalized spacial score (nSPS) is 16.1. The summed E-state index contributed by atoms with van der Waals surface area (Å²) in [5, 5.41) is 10.1. The van der Waals surface area contributed by atoms with Gasteiger partial charge in [-0.25, -0.2) is 0 Å². The molecule has 1 saturated heterocycles. The fraction of sp³-hybridized carbons (Fsp3) is 0.727. The number of ether oxygens (including phenoxy) is 1. The predicted octanol–water partition coefficient (Wildman–Crippen LogP) is 0.532. The maximum absolute atomic E-state index is 11.8. The summed E-state index contributed by atoms with van der Waals surface area (Å²) in [5.74, 6) is 0.0740. The smallest absolute Gasteiger partial charge is 0.248 e. The van der Waals surface area contributed by atoms with E-state index in [1.807, 2.05) is 18.7 Å². The average Bonchev–Trinajstić information content (AvgIpc) is 2.83. The highest BCUT2D eigenvalue weighted by Gasteiger charge is 2.22. The van der Waals surface area contributed by atoms with Crippen molar-refractivity contribution < 1.29 is 9.53 Å². The van der Waals surface area contributed by atoms with Crippen molar-refractivity contribution in [3.8, 4) is 0 Å². The van der Waals surface area contributed by atoms with Crippen molar-refractivity contribution in [2.45, 2.75) is 13.8 Å². The van der Waals surface area contributed by atoms with Crippen molar-refractivity contribution in [2.24, 2.45) is 0 Å².